The number of carboxylic acid groups (broad SMARTS) is 1. The number of carboxylic acids is 1. The molecule has 24 heteroatoms. The maximum Gasteiger partial charge on any atom is 0.526 e. The Balaban J connectivity index is 0.000000207. The zero-order valence-electron chi connectivity index (χ0n) is 32.3. The van der Waals surface area contributed by atoms with Crippen molar-refractivity contribution in [3.05, 3.63) is 121 Å². The number of para-hydroxylation sites is 1. The highest BCUT2D eigenvalue weighted by Crippen LogP contribution is 2.37. The molecule has 0 radical (unpaired) electrons. The van der Waals surface area contributed by atoms with Gasteiger partial charge in [-0.25, -0.2) is 34.3 Å². The molecule has 19 nitrogen and oxygen atoms in total. The molecule has 0 bridgehead atoms. The first-order valence-corrected chi connectivity index (χ1v) is 21.9. The van der Waals surface area contributed by atoms with Crippen molar-refractivity contribution in [3.63, 3.8) is 0 Å². The number of ketones is 1. The molecular formula is C38H35BN8O11S4. The minimum absolute atomic E-state index is 0.0575. The molecular weight excluding hydrogens is 884 g/mol. The summed E-state index contributed by atoms with van der Waals surface area (Å²) in [6.45, 7) is 1.91. The van der Waals surface area contributed by atoms with Gasteiger partial charge in [0, 0.05) is 46.2 Å². The minimum atomic E-state index is -1.39. The maximum absolute atomic E-state index is 13.2. The number of Topliss-reactive ketones (excluding diaryl/α,β-unsaturated/α-hetero) is 1. The van der Waals surface area contributed by atoms with Crippen LogP contribution in [0, 0.1) is 0 Å². The summed E-state index contributed by atoms with van der Waals surface area (Å²) in [7, 11) is -1.39. The van der Waals surface area contributed by atoms with Gasteiger partial charge in [-0.15, -0.1) is 45.3 Å². The van der Waals surface area contributed by atoms with Crippen LogP contribution in [0.2, 0.25) is 5.82 Å². The van der Waals surface area contributed by atoms with Crippen molar-refractivity contribution >= 4 is 98.4 Å². The van der Waals surface area contributed by atoms with Crippen LogP contribution in [0.5, 0.6) is 5.75 Å². The van der Waals surface area contributed by atoms with Crippen molar-refractivity contribution in [3.8, 4) is 5.75 Å². The molecule has 320 valence electrons. The lowest BCUT2D eigenvalue weighted by atomic mass is 9.64. The molecule has 0 saturated heterocycles. The van der Waals surface area contributed by atoms with E-state index in [1.165, 1.54) is 18.5 Å². The van der Waals surface area contributed by atoms with E-state index in [1.54, 1.807) is 40.6 Å². The normalized spacial score (nSPS) is 13.8. The number of benzene rings is 2. The molecule has 3 amide bonds. The number of nitrogens with zero attached hydrogens (tertiary/aromatic N) is 4. The number of rotatable bonds is 15. The summed E-state index contributed by atoms with van der Waals surface area (Å²) in [5, 5.41) is 34.8. The monoisotopic (exact) mass is 918 g/mol. The molecule has 0 aliphatic carbocycles. The number of aromatic carboxylic acids is 1. The van der Waals surface area contributed by atoms with E-state index < -0.39 is 60.6 Å². The molecule has 1 aliphatic rings. The number of esters is 1. The number of amides is 3. The summed E-state index contributed by atoms with van der Waals surface area (Å²) in [5.74, 6) is -3.83. The van der Waals surface area contributed by atoms with E-state index in [0.717, 1.165) is 50.9 Å². The van der Waals surface area contributed by atoms with Crippen LogP contribution < -0.4 is 26.3 Å². The van der Waals surface area contributed by atoms with Crippen molar-refractivity contribution in [2.75, 3.05) is 17.7 Å². The molecule has 7 rings (SSSR count). The average Bonchev–Trinajstić information content (AvgIpc) is 4.11. The highest BCUT2D eigenvalue weighted by Gasteiger charge is 2.40. The lowest BCUT2D eigenvalue weighted by Gasteiger charge is -2.28. The van der Waals surface area contributed by atoms with Gasteiger partial charge in [-0.2, -0.15) is 0 Å². The lowest BCUT2D eigenvalue weighted by Crippen LogP contribution is -2.39. The van der Waals surface area contributed by atoms with Crippen LogP contribution in [0.4, 0.5) is 15.1 Å². The first kappa shape index (κ1) is 44.9. The Morgan fingerprint density at radius 2 is 1.53 bits per heavy atom. The maximum atomic E-state index is 13.2. The van der Waals surface area contributed by atoms with Gasteiger partial charge in [0.05, 0.1) is 23.6 Å². The second-order valence-corrected chi connectivity index (χ2v) is 16.4. The first-order chi connectivity index (χ1) is 29.9. The van der Waals surface area contributed by atoms with E-state index in [1.807, 2.05) is 30.3 Å². The SMILES string of the molecule is CCOC(=O)C(NC(=O)c1nccs1)c1csc(NC(=O)OCc2ccccc2)n1.Nc1nc(C(NC(=O)c2nccs2)C(=O)C[C@H]2Cc3cccc(C(=O)O)c3OB2O)cs1. The van der Waals surface area contributed by atoms with Crippen molar-refractivity contribution < 1.29 is 53.0 Å². The fourth-order valence-electron chi connectivity index (χ4n) is 5.81. The molecule has 7 N–H and O–H groups in total. The Kier molecular flexibility index (Phi) is 15.4. The predicted octanol–water partition coefficient (Wildman–Crippen LogP) is 5.18. The molecule has 2 unspecified atom stereocenters. The van der Waals surface area contributed by atoms with Crippen molar-refractivity contribution in [1.29, 1.82) is 0 Å². The zero-order valence-corrected chi connectivity index (χ0v) is 35.6. The Bertz CT molecular complexity index is 2500. The Hall–Kier alpha value is -6.60. The number of hydrogen-bond donors (Lipinski definition) is 6. The third-order valence-electron chi connectivity index (χ3n) is 8.64. The number of ether oxygens (including phenoxy) is 2. The van der Waals surface area contributed by atoms with Gasteiger partial charge >= 0.3 is 25.2 Å². The molecule has 2 aromatic carbocycles. The summed E-state index contributed by atoms with van der Waals surface area (Å²) in [6.07, 6.45) is 2.38. The van der Waals surface area contributed by atoms with Gasteiger partial charge in [0.2, 0.25) is 0 Å². The fraction of sp³-hybridized carbons (Fsp3) is 0.211. The van der Waals surface area contributed by atoms with Gasteiger partial charge in [0.1, 0.15) is 18.4 Å². The Morgan fingerprint density at radius 1 is 0.871 bits per heavy atom. The van der Waals surface area contributed by atoms with Gasteiger partial charge in [0.25, 0.3) is 11.8 Å². The zero-order chi connectivity index (χ0) is 44.2. The number of nitrogen functional groups attached to an aromatic ring is 1. The summed E-state index contributed by atoms with van der Waals surface area (Å²) < 4.78 is 15.6. The molecule has 1 aliphatic heterocycles. The summed E-state index contributed by atoms with van der Waals surface area (Å²) in [4.78, 5) is 90.0. The molecule has 4 aromatic heterocycles. The number of carbonyl (C=O) groups is 6. The van der Waals surface area contributed by atoms with Gasteiger partial charge in [-0.3, -0.25) is 19.7 Å². The number of fused-ring (bicyclic) bond motifs is 1. The summed E-state index contributed by atoms with van der Waals surface area (Å²) in [6, 6.07) is 11.7. The standard InChI is InChI=1S/C19H17BN4O6S2.C19H18N4O5S2/c21-19-23-12(8-32-19)14(24-16(26)17-22-4-5-31-17)13(25)7-10-6-9-2-1-3-11(18(27)28)15(9)30-20(10)29;1-2-27-17(25)14(22-15(24)16-20-8-9-29-16)13-11-30-18(21-13)23-19(26)28-10-12-6-4-3-5-7-12/h1-5,8,10,14,29H,6-7H2,(H2,21,23)(H,24,26)(H,27,28);3-9,11,14H,2,10H2,1H3,(H,22,24)(H,21,23,26)/t10-,14?;/m1./s1. The van der Waals surface area contributed by atoms with Crippen LogP contribution in [0.25, 0.3) is 0 Å². The number of hydrogen-bond acceptors (Lipinski definition) is 19. The van der Waals surface area contributed by atoms with Crippen LogP contribution in [0.15, 0.2) is 82.4 Å². The minimum Gasteiger partial charge on any atom is -0.535 e. The van der Waals surface area contributed by atoms with E-state index in [-0.39, 0.29) is 63.3 Å². The van der Waals surface area contributed by atoms with Gasteiger partial charge < -0.3 is 40.6 Å². The molecule has 6 aromatic rings. The predicted molar refractivity (Wildman–Crippen MR) is 229 cm³/mol. The third kappa shape index (κ3) is 11.8. The van der Waals surface area contributed by atoms with Crippen molar-refractivity contribution in [2.45, 2.75) is 44.3 Å². The van der Waals surface area contributed by atoms with Crippen LogP contribution in [-0.4, -0.2) is 79.4 Å². The smallest absolute Gasteiger partial charge is 0.526 e. The van der Waals surface area contributed by atoms with Gasteiger partial charge in [-0.1, -0.05) is 42.5 Å². The quantitative estimate of drug-likeness (QED) is 0.0572. The topological polar surface area (TPSA) is 284 Å². The van der Waals surface area contributed by atoms with E-state index in [2.05, 4.69) is 35.9 Å². The van der Waals surface area contributed by atoms with E-state index >= 15 is 0 Å². The third-order valence-corrected chi connectivity index (χ3v) is 11.6. The largest absolute Gasteiger partial charge is 0.535 e. The van der Waals surface area contributed by atoms with Crippen LogP contribution in [-0.2, 0) is 32.1 Å². The van der Waals surface area contributed by atoms with E-state index in [9.17, 15) is 38.9 Å². The number of aromatic nitrogens is 4. The molecule has 3 atom stereocenters. The van der Waals surface area contributed by atoms with Crippen LogP contribution >= 0.6 is 45.3 Å². The van der Waals surface area contributed by atoms with E-state index in [4.69, 9.17) is 19.9 Å². The molecule has 62 heavy (non-hydrogen) atoms. The highest BCUT2D eigenvalue weighted by atomic mass is 32.1. The number of carbonyl (C=O) groups excluding carboxylic acids is 5. The van der Waals surface area contributed by atoms with Crippen molar-refractivity contribution in [2.24, 2.45) is 0 Å². The van der Waals surface area contributed by atoms with Crippen LogP contribution in [0.1, 0.15) is 77.9 Å². The number of anilines is 2. The summed E-state index contributed by atoms with van der Waals surface area (Å²) in [5.41, 5.74) is 7.60. The molecule has 0 saturated carbocycles. The van der Waals surface area contributed by atoms with E-state index in [0.29, 0.717) is 11.3 Å². The Morgan fingerprint density at radius 3 is 2.15 bits per heavy atom. The van der Waals surface area contributed by atoms with Gasteiger partial charge in [0.15, 0.2) is 32.1 Å². The summed E-state index contributed by atoms with van der Waals surface area (Å²) >= 11 is 4.51. The first-order valence-electron chi connectivity index (χ1n) is 18.3. The average molecular weight is 919 g/mol. The van der Waals surface area contributed by atoms with Crippen LogP contribution in [0.3, 0.4) is 0 Å². The second-order valence-electron chi connectivity index (χ2n) is 12.9. The van der Waals surface area contributed by atoms with Crippen molar-refractivity contribution in [1.82, 2.24) is 30.6 Å². The number of nitrogens with one attached hydrogen (secondary N) is 3. The second kappa shape index (κ2) is 21.3. The highest BCUT2D eigenvalue weighted by molar-refractivity contribution is 7.14. The lowest BCUT2D eigenvalue weighted by molar-refractivity contribution is -0.145. The Labute approximate surface area is 368 Å². The fourth-order valence-corrected chi connectivity index (χ4v) is 8.20. The number of nitrogens with two attached hydrogens (primary N) is 1. The molecule has 5 heterocycles. The molecule has 0 spiro atoms. The molecule has 0 fully saturated rings. The number of thiazole rings is 4. The van der Waals surface area contributed by atoms with Gasteiger partial charge in [-0.05, 0) is 30.5 Å².